The summed E-state index contributed by atoms with van der Waals surface area (Å²) in [4.78, 5) is 0. The van der Waals surface area contributed by atoms with E-state index in [1.807, 2.05) is 30.3 Å². The summed E-state index contributed by atoms with van der Waals surface area (Å²) in [5.74, 6) is 0. The van der Waals surface area contributed by atoms with Crippen LogP contribution in [0.3, 0.4) is 0 Å². The highest BCUT2D eigenvalue weighted by Crippen LogP contribution is 2.36. The number of benzene rings is 1. The molecule has 1 unspecified atom stereocenters. The van der Waals surface area contributed by atoms with Crippen LogP contribution in [0, 0.1) is 0 Å². The lowest BCUT2D eigenvalue weighted by Crippen LogP contribution is -2.00. The molecule has 0 saturated carbocycles. The number of halogens is 3. The van der Waals surface area contributed by atoms with Crippen molar-refractivity contribution in [3.05, 3.63) is 53.5 Å². The van der Waals surface area contributed by atoms with Gasteiger partial charge in [0.15, 0.2) is 0 Å². The number of thiophene rings is 1. The molecule has 1 heterocycles. The van der Waals surface area contributed by atoms with Gasteiger partial charge in [0, 0.05) is 16.5 Å². The van der Waals surface area contributed by atoms with Gasteiger partial charge in [0.25, 0.3) is 0 Å². The fourth-order valence-electron chi connectivity index (χ4n) is 1.53. The fourth-order valence-corrected chi connectivity index (χ4v) is 4.75. The zero-order chi connectivity index (χ0) is 12.4. The van der Waals surface area contributed by atoms with Crippen LogP contribution in [0.1, 0.15) is 17.2 Å². The maximum absolute atomic E-state index is 10.2. The molecule has 0 amide bonds. The Hall–Kier alpha value is 0.320. The van der Waals surface area contributed by atoms with Crippen molar-refractivity contribution in [1.29, 1.82) is 0 Å². The lowest BCUT2D eigenvalue weighted by molar-refractivity contribution is 0.178. The largest absolute Gasteiger partial charge is 0.388 e. The monoisotopic (exact) mass is 438 g/mol. The quantitative estimate of drug-likeness (QED) is 0.685. The minimum absolute atomic E-state index is 0.479. The molecule has 17 heavy (non-hydrogen) atoms. The van der Waals surface area contributed by atoms with Crippen molar-refractivity contribution in [2.75, 3.05) is 0 Å². The SMILES string of the molecule is OC(Cc1ccc(Br)cc1)c1cc(Br)sc1Br. The second kappa shape index (κ2) is 5.97. The summed E-state index contributed by atoms with van der Waals surface area (Å²) < 4.78 is 3.05. The Morgan fingerprint density at radius 2 is 1.76 bits per heavy atom. The molecule has 1 atom stereocenters. The van der Waals surface area contributed by atoms with Crippen molar-refractivity contribution >= 4 is 59.1 Å². The Labute approximate surface area is 129 Å². The van der Waals surface area contributed by atoms with Gasteiger partial charge in [0.2, 0.25) is 0 Å². The predicted octanol–water partition coefficient (Wildman–Crippen LogP) is 5.31. The van der Waals surface area contributed by atoms with Gasteiger partial charge in [-0.3, -0.25) is 0 Å². The molecule has 0 aliphatic rings. The number of aliphatic hydroxyl groups excluding tert-OH is 1. The molecule has 0 bridgehead atoms. The van der Waals surface area contributed by atoms with Gasteiger partial charge in [-0.25, -0.2) is 0 Å². The van der Waals surface area contributed by atoms with Crippen LogP contribution in [0.25, 0.3) is 0 Å². The second-order valence-corrected chi connectivity index (χ2v) is 8.29. The van der Waals surface area contributed by atoms with Crippen molar-refractivity contribution in [3.8, 4) is 0 Å². The molecular formula is C12H9Br3OS. The lowest BCUT2D eigenvalue weighted by atomic mass is 10.0. The molecule has 5 heteroatoms. The summed E-state index contributed by atoms with van der Waals surface area (Å²) in [5, 5.41) is 10.2. The molecule has 1 N–H and O–H groups in total. The zero-order valence-electron chi connectivity index (χ0n) is 8.66. The normalized spacial score (nSPS) is 12.7. The van der Waals surface area contributed by atoms with Gasteiger partial charge < -0.3 is 5.11 Å². The Balaban J connectivity index is 2.14. The van der Waals surface area contributed by atoms with E-state index in [2.05, 4.69) is 47.8 Å². The molecule has 1 aromatic carbocycles. The summed E-state index contributed by atoms with van der Waals surface area (Å²) in [6, 6.07) is 9.96. The van der Waals surface area contributed by atoms with E-state index >= 15 is 0 Å². The first kappa shape index (κ1) is 13.7. The molecule has 2 aromatic rings. The third kappa shape index (κ3) is 3.64. The number of rotatable bonds is 3. The van der Waals surface area contributed by atoms with Crippen molar-refractivity contribution in [2.24, 2.45) is 0 Å². The smallest absolute Gasteiger partial charge is 0.0849 e. The van der Waals surface area contributed by atoms with Crippen molar-refractivity contribution in [2.45, 2.75) is 12.5 Å². The molecule has 0 saturated heterocycles. The molecule has 1 aromatic heterocycles. The Kier molecular flexibility index (Phi) is 4.83. The maximum Gasteiger partial charge on any atom is 0.0849 e. The molecule has 0 aliphatic heterocycles. The topological polar surface area (TPSA) is 20.2 Å². The number of aliphatic hydroxyl groups is 1. The van der Waals surface area contributed by atoms with Crippen molar-refractivity contribution < 1.29 is 5.11 Å². The Morgan fingerprint density at radius 1 is 1.12 bits per heavy atom. The summed E-state index contributed by atoms with van der Waals surface area (Å²) >= 11 is 11.9. The molecule has 0 spiro atoms. The standard InChI is InChI=1S/C12H9Br3OS/c13-8-3-1-7(2-4-8)5-10(16)9-6-11(14)17-12(9)15/h1-4,6,10,16H,5H2. The van der Waals surface area contributed by atoms with E-state index in [4.69, 9.17) is 0 Å². The first-order chi connectivity index (χ1) is 8.06. The molecule has 2 rings (SSSR count). The van der Waals surface area contributed by atoms with E-state index in [-0.39, 0.29) is 0 Å². The maximum atomic E-state index is 10.2. The predicted molar refractivity (Wildman–Crippen MR) is 82.5 cm³/mol. The van der Waals surface area contributed by atoms with Crippen LogP contribution in [-0.4, -0.2) is 5.11 Å². The highest BCUT2D eigenvalue weighted by atomic mass is 79.9. The van der Waals surface area contributed by atoms with Crippen LogP contribution in [-0.2, 0) is 6.42 Å². The summed E-state index contributed by atoms with van der Waals surface area (Å²) in [5.41, 5.74) is 2.06. The Bertz CT molecular complexity index is 507. The van der Waals surface area contributed by atoms with E-state index in [0.717, 1.165) is 23.2 Å². The van der Waals surface area contributed by atoms with Crippen molar-refractivity contribution in [1.82, 2.24) is 0 Å². The van der Waals surface area contributed by atoms with Gasteiger partial charge in [-0.05, 0) is 55.6 Å². The average Bonchev–Trinajstić information content (AvgIpc) is 2.61. The minimum Gasteiger partial charge on any atom is -0.388 e. The van der Waals surface area contributed by atoms with Crippen LogP contribution >= 0.6 is 59.1 Å². The van der Waals surface area contributed by atoms with Gasteiger partial charge in [0.05, 0.1) is 13.7 Å². The summed E-state index contributed by atoms with van der Waals surface area (Å²) in [6.45, 7) is 0. The first-order valence-electron chi connectivity index (χ1n) is 4.93. The van der Waals surface area contributed by atoms with Crippen molar-refractivity contribution in [3.63, 3.8) is 0 Å². The van der Waals surface area contributed by atoms with Gasteiger partial charge in [0.1, 0.15) is 0 Å². The van der Waals surface area contributed by atoms with Gasteiger partial charge >= 0.3 is 0 Å². The van der Waals surface area contributed by atoms with Crippen LogP contribution in [0.15, 0.2) is 42.4 Å². The minimum atomic E-state index is -0.479. The second-order valence-electron chi connectivity index (χ2n) is 3.63. The highest BCUT2D eigenvalue weighted by molar-refractivity contribution is 9.12. The van der Waals surface area contributed by atoms with Gasteiger partial charge in [-0.15, -0.1) is 11.3 Å². The molecule has 1 nitrogen and oxygen atoms in total. The molecule has 0 fully saturated rings. The summed E-state index contributed by atoms with van der Waals surface area (Å²) in [7, 11) is 0. The van der Waals surface area contributed by atoms with Crippen LogP contribution < -0.4 is 0 Å². The Morgan fingerprint density at radius 3 is 2.29 bits per heavy atom. The molecule has 0 radical (unpaired) electrons. The van der Waals surface area contributed by atoms with Crippen LogP contribution in [0.5, 0.6) is 0 Å². The third-order valence-corrected chi connectivity index (χ3v) is 5.30. The lowest BCUT2D eigenvalue weighted by Gasteiger charge is -2.09. The molecule has 0 aliphatic carbocycles. The number of hydrogen-bond donors (Lipinski definition) is 1. The van der Waals surface area contributed by atoms with Gasteiger partial charge in [-0.2, -0.15) is 0 Å². The number of hydrogen-bond acceptors (Lipinski definition) is 2. The third-order valence-electron chi connectivity index (χ3n) is 2.38. The van der Waals surface area contributed by atoms with Crippen LogP contribution in [0.4, 0.5) is 0 Å². The first-order valence-corrected chi connectivity index (χ1v) is 8.13. The van der Waals surface area contributed by atoms with E-state index in [1.54, 1.807) is 11.3 Å². The highest BCUT2D eigenvalue weighted by Gasteiger charge is 2.15. The fraction of sp³-hybridized carbons (Fsp3) is 0.167. The van der Waals surface area contributed by atoms with Gasteiger partial charge in [-0.1, -0.05) is 28.1 Å². The van der Waals surface area contributed by atoms with Crippen LogP contribution in [0.2, 0.25) is 0 Å². The molecule has 90 valence electrons. The van der Waals surface area contributed by atoms with E-state index in [9.17, 15) is 5.11 Å². The molecular weight excluding hydrogens is 432 g/mol. The van der Waals surface area contributed by atoms with E-state index in [0.29, 0.717) is 6.42 Å². The average molecular weight is 441 g/mol. The van der Waals surface area contributed by atoms with E-state index in [1.165, 1.54) is 0 Å². The summed E-state index contributed by atoms with van der Waals surface area (Å²) in [6.07, 6.45) is 0.141. The van der Waals surface area contributed by atoms with E-state index < -0.39 is 6.10 Å². The zero-order valence-corrected chi connectivity index (χ0v) is 14.2.